The number of amides is 1. The summed E-state index contributed by atoms with van der Waals surface area (Å²) in [5.41, 5.74) is 2.27. The molecule has 3 aromatic heterocycles. The Morgan fingerprint density at radius 3 is 3.00 bits per heavy atom. The van der Waals surface area contributed by atoms with Gasteiger partial charge in [-0.1, -0.05) is 0 Å². The van der Waals surface area contributed by atoms with Crippen LogP contribution < -0.4 is 4.90 Å². The molecule has 4 rings (SSSR count). The van der Waals surface area contributed by atoms with Gasteiger partial charge in [0.15, 0.2) is 5.65 Å². The van der Waals surface area contributed by atoms with Gasteiger partial charge in [0.25, 0.3) is 5.91 Å². The predicted octanol–water partition coefficient (Wildman–Crippen LogP) is 2.17. The van der Waals surface area contributed by atoms with Crippen molar-refractivity contribution in [3.63, 3.8) is 0 Å². The van der Waals surface area contributed by atoms with Gasteiger partial charge in [-0.05, 0) is 36.6 Å². The van der Waals surface area contributed by atoms with Crippen LogP contribution in [0.3, 0.4) is 0 Å². The van der Waals surface area contributed by atoms with Crippen molar-refractivity contribution in [2.24, 2.45) is 0 Å². The average molecular weight is 336 g/mol. The van der Waals surface area contributed by atoms with Gasteiger partial charge in [0, 0.05) is 39.2 Å². The van der Waals surface area contributed by atoms with E-state index in [1.54, 1.807) is 29.2 Å². The zero-order valence-electron chi connectivity index (χ0n) is 14.3. The molecule has 0 radical (unpaired) electrons. The van der Waals surface area contributed by atoms with Crippen molar-refractivity contribution in [3.05, 3.63) is 54.1 Å². The molecule has 1 fully saturated rings. The van der Waals surface area contributed by atoms with E-state index in [2.05, 4.69) is 21.1 Å². The number of nitrogens with zero attached hydrogens (tertiary/aromatic N) is 6. The van der Waals surface area contributed by atoms with E-state index < -0.39 is 0 Å². The van der Waals surface area contributed by atoms with Crippen molar-refractivity contribution >= 4 is 17.4 Å². The van der Waals surface area contributed by atoms with Gasteiger partial charge in [0.05, 0.1) is 12.2 Å². The van der Waals surface area contributed by atoms with Crippen LogP contribution in [0.4, 0.5) is 5.82 Å². The Morgan fingerprint density at radius 2 is 2.16 bits per heavy atom. The zero-order chi connectivity index (χ0) is 17.4. The van der Waals surface area contributed by atoms with Crippen LogP contribution in [0.2, 0.25) is 0 Å². The van der Waals surface area contributed by atoms with Crippen molar-refractivity contribution in [1.82, 2.24) is 24.5 Å². The van der Waals surface area contributed by atoms with Crippen LogP contribution in [0.5, 0.6) is 0 Å². The van der Waals surface area contributed by atoms with Crippen molar-refractivity contribution in [1.29, 1.82) is 0 Å². The maximum absolute atomic E-state index is 13.1. The van der Waals surface area contributed by atoms with E-state index in [1.165, 1.54) is 0 Å². The van der Waals surface area contributed by atoms with Gasteiger partial charge in [-0.15, -0.1) is 0 Å². The quantitative estimate of drug-likeness (QED) is 0.733. The number of hydrogen-bond acceptors (Lipinski definition) is 5. The average Bonchev–Trinajstić information content (AvgIpc) is 3.28. The topological polar surface area (TPSA) is 66.6 Å². The van der Waals surface area contributed by atoms with Crippen LogP contribution in [0.15, 0.2) is 43.0 Å². The van der Waals surface area contributed by atoms with Gasteiger partial charge in [-0.25, -0.2) is 14.5 Å². The van der Waals surface area contributed by atoms with Crippen molar-refractivity contribution in [3.8, 4) is 0 Å². The van der Waals surface area contributed by atoms with E-state index in [0.717, 1.165) is 30.8 Å². The maximum atomic E-state index is 13.1. The molecule has 0 aliphatic carbocycles. The fraction of sp³-hybridized carbons (Fsp3) is 0.333. The van der Waals surface area contributed by atoms with Crippen LogP contribution in [0.25, 0.3) is 5.65 Å². The summed E-state index contributed by atoms with van der Waals surface area (Å²) in [6.45, 7) is 0.743. The molecule has 0 unspecified atom stereocenters. The zero-order valence-corrected chi connectivity index (χ0v) is 14.3. The molecule has 1 aliphatic heterocycles. The molecule has 25 heavy (non-hydrogen) atoms. The number of fused-ring (bicyclic) bond motifs is 1. The van der Waals surface area contributed by atoms with Gasteiger partial charge in [0.1, 0.15) is 11.4 Å². The molecule has 1 saturated heterocycles. The maximum Gasteiger partial charge on any atom is 0.259 e. The molecule has 1 atom stereocenters. The Labute approximate surface area is 145 Å². The third-order valence-electron chi connectivity index (χ3n) is 4.64. The number of carbonyl (C=O) groups is 1. The molecule has 7 nitrogen and oxygen atoms in total. The number of carbonyl (C=O) groups excluding carboxylic acids is 1. The molecule has 0 spiro atoms. The molecule has 0 saturated carbocycles. The van der Waals surface area contributed by atoms with Gasteiger partial charge in [0.2, 0.25) is 0 Å². The summed E-state index contributed by atoms with van der Waals surface area (Å²) in [6, 6.07) is 5.92. The molecule has 1 aliphatic rings. The Morgan fingerprint density at radius 1 is 1.28 bits per heavy atom. The van der Waals surface area contributed by atoms with Crippen LogP contribution in [0.1, 0.15) is 34.8 Å². The van der Waals surface area contributed by atoms with Crippen LogP contribution in [-0.2, 0) is 0 Å². The Bertz CT molecular complexity index is 919. The summed E-state index contributed by atoms with van der Waals surface area (Å²) in [4.78, 5) is 25.7. The lowest BCUT2D eigenvalue weighted by Gasteiger charge is -2.25. The highest BCUT2D eigenvalue weighted by Crippen LogP contribution is 2.34. The molecule has 3 aromatic rings. The smallest absolute Gasteiger partial charge is 0.259 e. The number of hydrogen-bond donors (Lipinski definition) is 0. The first kappa shape index (κ1) is 15.6. The minimum Gasteiger partial charge on any atom is -0.363 e. The first-order valence-corrected chi connectivity index (χ1v) is 8.38. The third kappa shape index (κ3) is 2.71. The first-order chi connectivity index (χ1) is 12.1. The lowest BCUT2D eigenvalue weighted by atomic mass is 10.1. The Balaban J connectivity index is 1.67. The molecular weight excluding hydrogens is 316 g/mol. The molecule has 128 valence electrons. The highest BCUT2D eigenvalue weighted by Gasteiger charge is 2.32. The lowest BCUT2D eigenvalue weighted by Crippen LogP contribution is -2.30. The van der Waals surface area contributed by atoms with Gasteiger partial charge in [-0.2, -0.15) is 5.10 Å². The number of rotatable bonds is 3. The van der Waals surface area contributed by atoms with E-state index in [1.807, 2.05) is 36.2 Å². The highest BCUT2D eigenvalue weighted by atomic mass is 16.2. The van der Waals surface area contributed by atoms with E-state index in [-0.39, 0.29) is 11.9 Å². The number of aromatic nitrogens is 4. The molecule has 7 heteroatoms. The second-order valence-electron chi connectivity index (χ2n) is 6.44. The first-order valence-electron chi connectivity index (χ1n) is 8.38. The van der Waals surface area contributed by atoms with Gasteiger partial charge in [-0.3, -0.25) is 4.79 Å². The lowest BCUT2D eigenvalue weighted by molar-refractivity contribution is 0.0737. The third-order valence-corrected chi connectivity index (χ3v) is 4.64. The van der Waals surface area contributed by atoms with Crippen LogP contribution in [-0.4, -0.2) is 51.0 Å². The van der Waals surface area contributed by atoms with E-state index >= 15 is 0 Å². The number of pyridine rings is 1. The van der Waals surface area contributed by atoms with Gasteiger partial charge >= 0.3 is 0 Å². The fourth-order valence-corrected chi connectivity index (χ4v) is 3.38. The molecule has 1 amide bonds. The normalized spacial score (nSPS) is 17.2. The largest absolute Gasteiger partial charge is 0.363 e. The Hall–Kier alpha value is -2.96. The molecule has 0 bridgehead atoms. The van der Waals surface area contributed by atoms with Crippen LogP contribution in [0, 0.1) is 0 Å². The van der Waals surface area contributed by atoms with Crippen LogP contribution >= 0.6 is 0 Å². The second kappa shape index (κ2) is 6.16. The summed E-state index contributed by atoms with van der Waals surface area (Å²) in [5.74, 6) is 0.883. The summed E-state index contributed by atoms with van der Waals surface area (Å²) >= 11 is 0. The Kier molecular flexibility index (Phi) is 3.83. The highest BCUT2D eigenvalue weighted by molar-refractivity contribution is 6.00. The van der Waals surface area contributed by atoms with E-state index in [9.17, 15) is 4.79 Å². The van der Waals surface area contributed by atoms with Crippen molar-refractivity contribution in [2.45, 2.75) is 18.9 Å². The van der Waals surface area contributed by atoms with Gasteiger partial charge < -0.3 is 9.80 Å². The molecule has 0 aromatic carbocycles. The van der Waals surface area contributed by atoms with E-state index in [0.29, 0.717) is 11.2 Å². The SMILES string of the molecule is CN(C)c1cc([C@@H]2CCCN2C(=O)c2cnn3cccnc23)ccn1. The summed E-state index contributed by atoms with van der Waals surface area (Å²) < 4.78 is 1.63. The monoisotopic (exact) mass is 336 g/mol. The minimum absolute atomic E-state index is 0.0144. The summed E-state index contributed by atoms with van der Waals surface area (Å²) in [7, 11) is 3.93. The summed E-state index contributed by atoms with van der Waals surface area (Å²) in [6.07, 6.45) is 8.84. The predicted molar refractivity (Wildman–Crippen MR) is 94.6 cm³/mol. The van der Waals surface area contributed by atoms with E-state index in [4.69, 9.17) is 0 Å². The second-order valence-corrected chi connectivity index (χ2v) is 6.44. The number of anilines is 1. The standard InChI is InChI=1S/C18H20N6O/c1-22(2)16-11-13(6-8-19-16)15-5-3-9-23(15)18(25)14-12-21-24-10-4-7-20-17(14)24/h4,6-8,10-12,15H,3,5,9H2,1-2H3/t15-/m0/s1. The minimum atomic E-state index is -0.0144. The molecular formula is C18H20N6O. The van der Waals surface area contributed by atoms with Crippen molar-refractivity contribution in [2.75, 3.05) is 25.5 Å². The fourth-order valence-electron chi connectivity index (χ4n) is 3.38. The number of likely N-dealkylation sites (tertiary alicyclic amines) is 1. The summed E-state index contributed by atoms with van der Waals surface area (Å²) in [5, 5.41) is 4.24. The molecule has 0 N–H and O–H groups in total. The van der Waals surface area contributed by atoms with Crippen molar-refractivity contribution < 1.29 is 4.79 Å². The molecule has 4 heterocycles.